The molecule has 0 aliphatic carbocycles. The predicted octanol–water partition coefficient (Wildman–Crippen LogP) is 1.67. The van der Waals surface area contributed by atoms with Gasteiger partial charge >= 0.3 is 0 Å². The number of benzene rings is 2. The first-order chi connectivity index (χ1) is 11.4. The van der Waals surface area contributed by atoms with Crippen molar-refractivity contribution in [3.8, 4) is 0 Å². The van der Waals surface area contributed by atoms with E-state index in [2.05, 4.69) is 10.6 Å². The molecule has 5 nitrogen and oxygen atoms in total. The van der Waals surface area contributed by atoms with Crippen LogP contribution in [0.4, 0.5) is 8.78 Å². The number of rotatable bonds is 7. The van der Waals surface area contributed by atoms with Gasteiger partial charge in [-0.3, -0.25) is 9.59 Å². The number of nitrogens with two attached hydrogens (primary N) is 1. The Morgan fingerprint density at radius 1 is 1.04 bits per heavy atom. The Labute approximate surface area is 138 Å². The fraction of sp³-hybridized carbons (Fsp3) is 0.294. The number of alkyl halides is 2. The van der Waals surface area contributed by atoms with Crippen LogP contribution in [0.3, 0.4) is 0 Å². The first-order valence-electron chi connectivity index (χ1n) is 7.53. The zero-order valence-corrected chi connectivity index (χ0v) is 13.0. The molecule has 24 heavy (non-hydrogen) atoms. The minimum absolute atomic E-state index is 0.0612. The summed E-state index contributed by atoms with van der Waals surface area (Å²) in [6, 6.07) is 12.9. The average Bonchev–Trinajstić information content (AvgIpc) is 2.59. The fourth-order valence-electron chi connectivity index (χ4n) is 2.11. The van der Waals surface area contributed by atoms with Crippen molar-refractivity contribution in [3.05, 3.63) is 48.0 Å². The van der Waals surface area contributed by atoms with Crippen LogP contribution in [0.1, 0.15) is 16.8 Å². The Kier molecular flexibility index (Phi) is 5.81. The highest BCUT2D eigenvalue weighted by Crippen LogP contribution is 2.15. The zero-order chi connectivity index (χ0) is 17.6. The SMILES string of the molecule is NCC(F)(F)CNC(=O)CCNC(=O)c1ccc2ccccc2c1. The Morgan fingerprint density at radius 2 is 1.75 bits per heavy atom. The smallest absolute Gasteiger partial charge is 0.277 e. The van der Waals surface area contributed by atoms with Gasteiger partial charge in [-0.25, -0.2) is 8.78 Å². The Bertz CT molecular complexity index is 735. The Hall–Kier alpha value is -2.54. The van der Waals surface area contributed by atoms with Crippen molar-refractivity contribution in [1.82, 2.24) is 10.6 Å². The molecule has 0 aliphatic heterocycles. The van der Waals surface area contributed by atoms with Gasteiger partial charge in [-0.05, 0) is 22.9 Å². The standard InChI is InChI=1S/C17H19F2N3O2/c18-17(19,10-20)11-22-15(23)7-8-21-16(24)14-6-5-12-3-1-2-4-13(12)9-14/h1-6,9H,7-8,10-11,20H2,(H,21,24)(H,22,23). The molecular weight excluding hydrogens is 316 g/mol. The molecule has 0 radical (unpaired) electrons. The van der Waals surface area contributed by atoms with E-state index in [0.29, 0.717) is 5.56 Å². The third-order valence-electron chi connectivity index (χ3n) is 3.49. The van der Waals surface area contributed by atoms with E-state index >= 15 is 0 Å². The molecule has 2 amide bonds. The van der Waals surface area contributed by atoms with Crippen LogP contribution in [0, 0.1) is 0 Å². The van der Waals surface area contributed by atoms with Crippen LogP contribution in [0.2, 0.25) is 0 Å². The highest BCUT2D eigenvalue weighted by molar-refractivity contribution is 5.98. The summed E-state index contributed by atoms with van der Waals surface area (Å²) in [5.74, 6) is -4.01. The number of halogens is 2. The van der Waals surface area contributed by atoms with E-state index in [1.54, 1.807) is 12.1 Å². The second-order valence-corrected chi connectivity index (χ2v) is 5.40. The van der Waals surface area contributed by atoms with Crippen LogP contribution in [0.5, 0.6) is 0 Å². The van der Waals surface area contributed by atoms with Gasteiger partial charge in [0.2, 0.25) is 5.91 Å². The number of carbonyl (C=O) groups excluding carboxylic acids is 2. The molecule has 128 valence electrons. The Morgan fingerprint density at radius 3 is 2.46 bits per heavy atom. The number of nitrogens with one attached hydrogen (secondary N) is 2. The van der Waals surface area contributed by atoms with Crippen LogP contribution in [-0.2, 0) is 4.79 Å². The van der Waals surface area contributed by atoms with Crippen molar-refractivity contribution in [2.24, 2.45) is 5.73 Å². The fourth-order valence-corrected chi connectivity index (χ4v) is 2.11. The van der Waals surface area contributed by atoms with Gasteiger partial charge in [-0.15, -0.1) is 0 Å². The highest BCUT2D eigenvalue weighted by atomic mass is 19.3. The van der Waals surface area contributed by atoms with Crippen molar-refractivity contribution in [3.63, 3.8) is 0 Å². The molecule has 0 saturated heterocycles. The van der Waals surface area contributed by atoms with E-state index in [1.165, 1.54) is 0 Å². The lowest BCUT2D eigenvalue weighted by atomic mass is 10.1. The van der Waals surface area contributed by atoms with Gasteiger partial charge in [0.1, 0.15) is 0 Å². The van der Waals surface area contributed by atoms with Crippen molar-refractivity contribution in [1.29, 1.82) is 0 Å². The van der Waals surface area contributed by atoms with E-state index in [1.807, 2.05) is 30.3 Å². The van der Waals surface area contributed by atoms with E-state index in [-0.39, 0.29) is 18.9 Å². The molecule has 4 N–H and O–H groups in total. The molecule has 0 aliphatic rings. The molecule has 0 bridgehead atoms. The number of hydrogen-bond donors (Lipinski definition) is 3. The topological polar surface area (TPSA) is 84.2 Å². The maximum absolute atomic E-state index is 12.9. The van der Waals surface area contributed by atoms with Crippen LogP contribution in [-0.4, -0.2) is 37.4 Å². The molecule has 0 atom stereocenters. The van der Waals surface area contributed by atoms with Gasteiger partial charge in [0.05, 0.1) is 13.1 Å². The summed E-state index contributed by atoms with van der Waals surface area (Å²) >= 11 is 0. The van der Waals surface area contributed by atoms with Crippen molar-refractivity contribution in [2.45, 2.75) is 12.3 Å². The third kappa shape index (κ3) is 4.99. The summed E-state index contributed by atoms with van der Waals surface area (Å²) in [5, 5.41) is 6.64. The lowest BCUT2D eigenvalue weighted by Gasteiger charge is -2.14. The average molecular weight is 335 g/mol. The molecule has 0 unspecified atom stereocenters. The summed E-state index contributed by atoms with van der Waals surface area (Å²) in [6.07, 6.45) is -0.0834. The third-order valence-corrected chi connectivity index (χ3v) is 3.49. The summed E-state index contributed by atoms with van der Waals surface area (Å²) in [5.41, 5.74) is 5.35. The van der Waals surface area contributed by atoms with Crippen molar-refractivity contribution in [2.75, 3.05) is 19.6 Å². The minimum atomic E-state index is -3.12. The molecule has 7 heteroatoms. The molecule has 0 heterocycles. The van der Waals surface area contributed by atoms with E-state index in [4.69, 9.17) is 5.73 Å². The predicted molar refractivity (Wildman–Crippen MR) is 87.9 cm³/mol. The molecule has 0 saturated carbocycles. The second kappa shape index (κ2) is 7.83. The first-order valence-corrected chi connectivity index (χ1v) is 7.53. The largest absolute Gasteiger partial charge is 0.352 e. The minimum Gasteiger partial charge on any atom is -0.352 e. The highest BCUT2D eigenvalue weighted by Gasteiger charge is 2.26. The van der Waals surface area contributed by atoms with Crippen LogP contribution in [0.25, 0.3) is 10.8 Å². The summed E-state index contributed by atoms with van der Waals surface area (Å²) in [6.45, 7) is -1.57. The lowest BCUT2D eigenvalue weighted by Crippen LogP contribution is -2.42. The van der Waals surface area contributed by atoms with E-state index in [9.17, 15) is 18.4 Å². The van der Waals surface area contributed by atoms with Gasteiger partial charge in [0.25, 0.3) is 11.8 Å². The second-order valence-electron chi connectivity index (χ2n) is 5.40. The maximum atomic E-state index is 12.9. The maximum Gasteiger partial charge on any atom is 0.277 e. The van der Waals surface area contributed by atoms with E-state index < -0.39 is 24.9 Å². The quantitative estimate of drug-likeness (QED) is 0.720. The first kappa shape index (κ1) is 17.8. The van der Waals surface area contributed by atoms with E-state index in [0.717, 1.165) is 10.8 Å². The lowest BCUT2D eigenvalue weighted by molar-refractivity contribution is -0.122. The molecule has 2 rings (SSSR count). The van der Waals surface area contributed by atoms with Crippen LogP contribution < -0.4 is 16.4 Å². The van der Waals surface area contributed by atoms with Gasteiger partial charge in [-0.2, -0.15) is 0 Å². The molecule has 0 fully saturated rings. The normalized spacial score (nSPS) is 11.3. The molecular formula is C17H19F2N3O2. The van der Waals surface area contributed by atoms with Crippen molar-refractivity contribution >= 4 is 22.6 Å². The van der Waals surface area contributed by atoms with Crippen LogP contribution in [0.15, 0.2) is 42.5 Å². The van der Waals surface area contributed by atoms with Gasteiger partial charge in [-0.1, -0.05) is 30.3 Å². The molecule has 0 spiro atoms. The molecule has 2 aromatic carbocycles. The van der Waals surface area contributed by atoms with Gasteiger partial charge < -0.3 is 16.4 Å². The Balaban J connectivity index is 1.81. The number of fused-ring (bicyclic) bond motifs is 1. The number of amides is 2. The summed E-state index contributed by atoms with van der Waals surface area (Å²) in [7, 11) is 0. The van der Waals surface area contributed by atoms with Gasteiger partial charge in [0.15, 0.2) is 0 Å². The summed E-state index contributed by atoms with van der Waals surface area (Å²) in [4.78, 5) is 23.5. The van der Waals surface area contributed by atoms with Crippen molar-refractivity contribution < 1.29 is 18.4 Å². The van der Waals surface area contributed by atoms with Crippen LogP contribution >= 0.6 is 0 Å². The number of hydrogen-bond acceptors (Lipinski definition) is 3. The molecule has 2 aromatic rings. The molecule has 0 aromatic heterocycles. The summed E-state index contributed by atoms with van der Waals surface area (Å²) < 4.78 is 25.8. The monoisotopic (exact) mass is 335 g/mol. The van der Waals surface area contributed by atoms with Gasteiger partial charge in [0, 0.05) is 18.5 Å². The number of carbonyl (C=O) groups is 2. The zero-order valence-electron chi connectivity index (χ0n) is 13.0.